The van der Waals surface area contributed by atoms with Gasteiger partial charge in [0.15, 0.2) is 0 Å². The van der Waals surface area contributed by atoms with Gasteiger partial charge < -0.3 is 14.5 Å². The van der Waals surface area contributed by atoms with Crippen LogP contribution < -0.4 is 0 Å². The summed E-state index contributed by atoms with van der Waals surface area (Å²) in [6.45, 7) is 5.24. The number of hydrogen-bond acceptors (Lipinski definition) is 3. The molecule has 25 heavy (non-hydrogen) atoms. The number of amides is 2. The molecule has 2 saturated heterocycles. The average Bonchev–Trinajstić information content (AvgIpc) is 3.20. The zero-order valence-electron chi connectivity index (χ0n) is 15.1. The standard InChI is InChI=1S/C20H28N2O3/c1-2-3-5-16-7-9-17(10-8-16)19(23)21-11-13-22(14-12-21)20(24)18-6-4-15-25-18/h7-10,18H,2-6,11-15H2,1H3/t18-/m0/s1. The Morgan fingerprint density at radius 3 is 2.36 bits per heavy atom. The minimum Gasteiger partial charge on any atom is -0.368 e. The molecule has 0 unspecified atom stereocenters. The van der Waals surface area contributed by atoms with Crippen molar-refractivity contribution in [1.29, 1.82) is 0 Å². The van der Waals surface area contributed by atoms with E-state index in [0.29, 0.717) is 32.8 Å². The van der Waals surface area contributed by atoms with Crippen LogP contribution in [0.3, 0.4) is 0 Å². The normalized spacial score (nSPS) is 20.8. The molecule has 5 heteroatoms. The van der Waals surface area contributed by atoms with Crippen molar-refractivity contribution in [3.8, 4) is 0 Å². The third-order valence-electron chi connectivity index (χ3n) is 5.10. The van der Waals surface area contributed by atoms with Gasteiger partial charge in [-0.05, 0) is 43.4 Å². The molecule has 0 bridgehead atoms. The van der Waals surface area contributed by atoms with Crippen LogP contribution >= 0.6 is 0 Å². The molecule has 1 atom stereocenters. The van der Waals surface area contributed by atoms with Crippen molar-refractivity contribution in [3.05, 3.63) is 35.4 Å². The minimum absolute atomic E-state index is 0.0613. The summed E-state index contributed by atoms with van der Waals surface area (Å²) in [4.78, 5) is 28.7. The van der Waals surface area contributed by atoms with E-state index in [1.807, 2.05) is 21.9 Å². The third-order valence-corrected chi connectivity index (χ3v) is 5.10. The lowest BCUT2D eigenvalue weighted by Gasteiger charge is -2.35. The Kier molecular flexibility index (Phi) is 6.08. The Bertz CT molecular complexity index is 585. The van der Waals surface area contributed by atoms with Gasteiger partial charge in [0, 0.05) is 38.3 Å². The van der Waals surface area contributed by atoms with Crippen LogP contribution in [-0.4, -0.2) is 60.5 Å². The predicted molar refractivity (Wildman–Crippen MR) is 96.5 cm³/mol. The van der Waals surface area contributed by atoms with Crippen molar-refractivity contribution in [2.45, 2.75) is 45.1 Å². The number of piperazine rings is 1. The highest BCUT2D eigenvalue weighted by atomic mass is 16.5. The molecule has 1 aromatic rings. The van der Waals surface area contributed by atoms with Gasteiger partial charge in [-0.3, -0.25) is 9.59 Å². The summed E-state index contributed by atoms with van der Waals surface area (Å²) in [5.41, 5.74) is 2.02. The fourth-order valence-electron chi connectivity index (χ4n) is 3.48. The molecular formula is C20H28N2O3. The Labute approximate surface area is 149 Å². The van der Waals surface area contributed by atoms with E-state index in [1.165, 1.54) is 18.4 Å². The molecule has 2 fully saturated rings. The molecule has 2 aliphatic rings. The summed E-state index contributed by atoms with van der Waals surface area (Å²) < 4.78 is 5.48. The Morgan fingerprint density at radius 2 is 1.76 bits per heavy atom. The van der Waals surface area contributed by atoms with E-state index in [4.69, 9.17) is 4.74 Å². The van der Waals surface area contributed by atoms with E-state index in [-0.39, 0.29) is 17.9 Å². The van der Waals surface area contributed by atoms with Gasteiger partial charge in [0.2, 0.25) is 0 Å². The van der Waals surface area contributed by atoms with Crippen LogP contribution in [0.25, 0.3) is 0 Å². The van der Waals surface area contributed by atoms with E-state index in [2.05, 4.69) is 19.1 Å². The SMILES string of the molecule is CCCCc1ccc(C(=O)N2CCN(C(=O)[C@@H]3CCCO3)CC2)cc1. The fourth-order valence-corrected chi connectivity index (χ4v) is 3.48. The molecule has 1 aromatic carbocycles. The number of rotatable bonds is 5. The number of hydrogen-bond donors (Lipinski definition) is 0. The molecule has 0 spiro atoms. The summed E-state index contributed by atoms with van der Waals surface area (Å²) >= 11 is 0. The lowest BCUT2D eigenvalue weighted by molar-refractivity contribution is -0.142. The van der Waals surface area contributed by atoms with E-state index in [1.54, 1.807) is 0 Å². The Hall–Kier alpha value is -1.88. The maximum absolute atomic E-state index is 12.7. The molecule has 0 N–H and O–H groups in total. The number of nitrogens with zero attached hydrogens (tertiary/aromatic N) is 2. The quantitative estimate of drug-likeness (QED) is 0.825. The van der Waals surface area contributed by atoms with Crippen molar-refractivity contribution in [2.75, 3.05) is 32.8 Å². The molecule has 3 rings (SSSR count). The van der Waals surface area contributed by atoms with Crippen LogP contribution in [0.4, 0.5) is 0 Å². The molecule has 2 aliphatic heterocycles. The lowest BCUT2D eigenvalue weighted by atomic mass is 10.1. The van der Waals surface area contributed by atoms with E-state index >= 15 is 0 Å². The summed E-state index contributed by atoms with van der Waals surface area (Å²) in [6.07, 6.45) is 4.93. The topological polar surface area (TPSA) is 49.9 Å². The predicted octanol–water partition coefficient (Wildman–Crippen LogP) is 2.49. The molecule has 0 saturated carbocycles. The molecule has 2 heterocycles. The van der Waals surface area contributed by atoms with Crippen molar-refractivity contribution in [3.63, 3.8) is 0 Å². The molecule has 2 amide bonds. The third kappa shape index (κ3) is 4.40. The number of ether oxygens (including phenoxy) is 1. The zero-order valence-corrected chi connectivity index (χ0v) is 15.1. The maximum atomic E-state index is 12.7. The van der Waals surface area contributed by atoms with Crippen LogP contribution in [0.15, 0.2) is 24.3 Å². The maximum Gasteiger partial charge on any atom is 0.253 e. The van der Waals surface area contributed by atoms with Gasteiger partial charge in [-0.15, -0.1) is 0 Å². The Balaban J connectivity index is 1.51. The molecule has 136 valence electrons. The van der Waals surface area contributed by atoms with Crippen molar-refractivity contribution < 1.29 is 14.3 Å². The first-order chi connectivity index (χ1) is 12.2. The highest BCUT2D eigenvalue weighted by Gasteiger charge is 2.31. The van der Waals surface area contributed by atoms with Crippen LogP contribution in [-0.2, 0) is 16.0 Å². The van der Waals surface area contributed by atoms with Gasteiger partial charge in [0.25, 0.3) is 11.8 Å². The monoisotopic (exact) mass is 344 g/mol. The number of benzene rings is 1. The van der Waals surface area contributed by atoms with Crippen molar-refractivity contribution >= 4 is 11.8 Å². The second-order valence-electron chi connectivity index (χ2n) is 6.92. The van der Waals surface area contributed by atoms with Gasteiger partial charge in [-0.2, -0.15) is 0 Å². The molecule has 0 aliphatic carbocycles. The molecule has 0 radical (unpaired) electrons. The van der Waals surface area contributed by atoms with Gasteiger partial charge in [-0.25, -0.2) is 0 Å². The second kappa shape index (κ2) is 8.48. The smallest absolute Gasteiger partial charge is 0.253 e. The van der Waals surface area contributed by atoms with Gasteiger partial charge in [0.05, 0.1) is 0 Å². The van der Waals surface area contributed by atoms with E-state index < -0.39 is 0 Å². The number of unbranched alkanes of at least 4 members (excludes halogenated alkanes) is 1. The first-order valence-electron chi connectivity index (χ1n) is 9.47. The average molecular weight is 344 g/mol. The van der Waals surface area contributed by atoms with Crippen LogP contribution in [0, 0.1) is 0 Å². The summed E-state index contributed by atoms with van der Waals surface area (Å²) in [7, 11) is 0. The molecule has 0 aromatic heterocycles. The second-order valence-corrected chi connectivity index (χ2v) is 6.92. The van der Waals surface area contributed by atoms with Crippen LogP contribution in [0.2, 0.25) is 0 Å². The van der Waals surface area contributed by atoms with Crippen molar-refractivity contribution in [2.24, 2.45) is 0 Å². The van der Waals surface area contributed by atoms with Crippen LogP contribution in [0.1, 0.15) is 48.5 Å². The summed E-state index contributed by atoms with van der Waals surface area (Å²) in [5.74, 6) is 0.149. The Morgan fingerprint density at radius 1 is 1.08 bits per heavy atom. The zero-order chi connectivity index (χ0) is 17.6. The van der Waals surface area contributed by atoms with Crippen LogP contribution in [0.5, 0.6) is 0 Å². The first kappa shape index (κ1) is 17.9. The van der Waals surface area contributed by atoms with E-state index in [9.17, 15) is 9.59 Å². The lowest BCUT2D eigenvalue weighted by Crippen LogP contribution is -2.52. The number of carbonyl (C=O) groups excluding carboxylic acids is 2. The highest BCUT2D eigenvalue weighted by Crippen LogP contribution is 2.17. The highest BCUT2D eigenvalue weighted by molar-refractivity contribution is 5.94. The molecular weight excluding hydrogens is 316 g/mol. The van der Waals surface area contributed by atoms with E-state index in [0.717, 1.165) is 24.8 Å². The number of aryl methyl sites for hydroxylation is 1. The van der Waals surface area contributed by atoms with Gasteiger partial charge in [-0.1, -0.05) is 25.5 Å². The van der Waals surface area contributed by atoms with Gasteiger partial charge in [0.1, 0.15) is 6.10 Å². The largest absolute Gasteiger partial charge is 0.368 e. The minimum atomic E-state index is -0.266. The van der Waals surface area contributed by atoms with Crippen molar-refractivity contribution in [1.82, 2.24) is 9.80 Å². The fraction of sp³-hybridized carbons (Fsp3) is 0.600. The molecule has 5 nitrogen and oxygen atoms in total. The number of carbonyl (C=O) groups is 2. The summed E-state index contributed by atoms with van der Waals surface area (Å²) in [5, 5.41) is 0. The first-order valence-corrected chi connectivity index (χ1v) is 9.47. The van der Waals surface area contributed by atoms with Gasteiger partial charge >= 0.3 is 0 Å². The summed E-state index contributed by atoms with van der Waals surface area (Å²) in [6, 6.07) is 7.97.